The molecule has 2 aromatic carbocycles. The van der Waals surface area contributed by atoms with Gasteiger partial charge in [-0.25, -0.2) is 9.18 Å². The zero-order valence-electron chi connectivity index (χ0n) is 16.2. The third-order valence-corrected chi connectivity index (χ3v) is 6.22. The number of urea groups is 1. The fourth-order valence-electron chi connectivity index (χ4n) is 3.28. The standard InChI is InChI=1S/C21H24FN3O3S/c1-2-29(28)19-6-4-3-5-18(19)20(26)25-13-11-17(12-14-25)24-21(27)23-16-9-7-15(22)8-10-16/h3-10,17H,2,11-14H2,1H3,(H2,23,24,27). The number of halogens is 1. The maximum absolute atomic E-state index is 12.9. The third-order valence-electron chi connectivity index (χ3n) is 4.84. The minimum absolute atomic E-state index is 0.0560. The maximum atomic E-state index is 12.9. The summed E-state index contributed by atoms with van der Waals surface area (Å²) < 4.78 is 25.2. The maximum Gasteiger partial charge on any atom is 0.319 e. The molecule has 1 aliphatic rings. The largest absolute Gasteiger partial charge is 0.338 e. The Morgan fingerprint density at radius 2 is 1.76 bits per heavy atom. The second kappa shape index (κ2) is 9.65. The zero-order valence-corrected chi connectivity index (χ0v) is 17.0. The van der Waals surface area contributed by atoms with Crippen LogP contribution < -0.4 is 10.6 Å². The molecule has 2 N–H and O–H groups in total. The van der Waals surface area contributed by atoms with Crippen molar-refractivity contribution >= 4 is 28.4 Å². The van der Waals surface area contributed by atoms with E-state index in [4.69, 9.17) is 0 Å². The molecule has 1 saturated heterocycles. The molecule has 1 fully saturated rings. The number of carbonyl (C=O) groups is 2. The molecule has 8 heteroatoms. The summed E-state index contributed by atoms with van der Waals surface area (Å²) in [4.78, 5) is 27.3. The monoisotopic (exact) mass is 417 g/mol. The predicted octanol–water partition coefficient (Wildman–Crippen LogP) is 3.38. The van der Waals surface area contributed by atoms with Crippen LogP contribution in [-0.2, 0) is 10.8 Å². The molecule has 1 aliphatic heterocycles. The van der Waals surface area contributed by atoms with Crippen molar-refractivity contribution in [3.05, 3.63) is 59.9 Å². The first-order valence-electron chi connectivity index (χ1n) is 9.57. The van der Waals surface area contributed by atoms with E-state index in [1.54, 1.807) is 29.2 Å². The zero-order chi connectivity index (χ0) is 20.8. The van der Waals surface area contributed by atoms with Crippen LogP contribution in [0.15, 0.2) is 53.4 Å². The van der Waals surface area contributed by atoms with Crippen LogP contribution in [0.4, 0.5) is 14.9 Å². The van der Waals surface area contributed by atoms with E-state index in [-0.39, 0.29) is 23.8 Å². The highest BCUT2D eigenvalue weighted by molar-refractivity contribution is 7.85. The number of anilines is 1. The minimum atomic E-state index is -1.20. The molecule has 1 atom stereocenters. The Morgan fingerprint density at radius 3 is 2.41 bits per heavy atom. The minimum Gasteiger partial charge on any atom is -0.338 e. The molecule has 3 rings (SSSR count). The van der Waals surface area contributed by atoms with Crippen LogP contribution in [0.3, 0.4) is 0 Å². The number of hydrogen-bond acceptors (Lipinski definition) is 3. The highest BCUT2D eigenvalue weighted by atomic mass is 32.2. The molecule has 0 saturated carbocycles. The van der Waals surface area contributed by atoms with E-state index in [9.17, 15) is 18.2 Å². The lowest BCUT2D eigenvalue weighted by Gasteiger charge is -2.32. The predicted molar refractivity (Wildman–Crippen MR) is 111 cm³/mol. The lowest BCUT2D eigenvalue weighted by molar-refractivity contribution is 0.0705. The molecule has 6 nitrogen and oxygen atoms in total. The molecule has 0 spiro atoms. The molecule has 1 heterocycles. The molecule has 154 valence electrons. The first-order chi connectivity index (χ1) is 14.0. The van der Waals surface area contributed by atoms with Gasteiger partial charge in [0.1, 0.15) is 5.82 Å². The van der Waals surface area contributed by atoms with E-state index in [1.165, 1.54) is 24.3 Å². The summed E-state index contributed by atoms with van der Waals surface area (Å²) in [6, 6.07) is 12.2. The van der Waals surface area contributed by atoms with E-state index < -0.39 is 10.8 Å². The summed E-state index contributed by atoms with van der Waals surface area (Å²) in [6.45, 7) is 2.84. The first kappa shape index (κ1) is 21.0. The molecular formula is C21H24FN3O3S. The number of piperidine rings is 1. The van der Waals surface area contributed by atoms with Crippen molar-refractivity contribution in [2.75, 3.05) is 24.2 Å². The molecule has 29 heavy (non-hydrogen) atoms. The molecule has 0 bridgehead atoms. The van der Waals surface area contributed by atoms with Crippen LogP contribution in [0.1, 0.15) is 30.1 Å². The highest BCUT2D eigenvalue weighted by Gasteiger charge is 2.26. The fourth-order valence-corrected chi connectivity index (χ4v) is 4.22. The molecule has 2 aromatic rings. The van der Waals surface area contributed by atoms with Gasteiger partial charge in [-0.3, -0.25) is 9.00 Å². The molecule has 1 unspecified atom stereocenters. The summed E-state index contributed by atoms with van der Waals surface area (Å²) in [5.74, 6) is -0.0339. The molecule has 3 amide bonds. The van der Waals surface area contributed by atoms with Gasteiger partial charge >= 0.3 is 6.03 Å². The van der Waals surface area contributed by atoms with Crippen molar-refractivity contribution in [3.63, 3.8) is 0 Å². The van der Waals surface area contributed by atoms with Gasteiger partial charge in [0.2, 0.25) is 0 Å². The van der Waals surface area contributed by atoms with Gasteiger partial charge in [0, 0.05) is 30.6 Å². The van der Waals surface area contributed by atoms with Crippen LogP contribution in [-0.4, -0.2) is 45.9 Å². The number of benzene rings is 2. The highest BCUT2D eigenvalue weighted by Crippen LogP contribution is 2.19. The lowest BCUT2D eigenvalue weighted by Crippen LogP contribution is -2.47. The summed E-state index contributed by atoms with van der Waals surface area (Å²) in [7, 11) is -1.20. The average Bonchev–Trinajstić information content (AvgIpc) is 2.75. The second-order valence-electron chi connectivity index (χ2n) is 6.80. The van der Waals surface area contributed by atoms with Crippen LogP contribution >= 0.6 is 0 Å². The van der Waals surface area contributed by atoms with Gasteiger partial charge in [-0.1, -0.05) is 19.1 Å². The smallest absolute Gasteiger partial charge is 0.319 e. The van der Waals surface area contributed by atoms with Crippen LogP contribution in [0, 0.1) is 5.82 Å². The number of rotatable bonds is 5. The molecular weight excluding hydrogens is 393 g/mol. The van der Waals surface area contributed by atoms with Gasteiger partial charge in [-0.15, -0.1) is 0 Å². The average molecular weight is 418 g/mol. The van der Waals surface area contributed by atoms with E-state index >= 15 is 0 Å². The topological polar surface area (TPSA) is 78.5 Å². The second-order valence-corrected chi connectivity index (χ2v) is 8.51. The van der Waals surface area contributed by atoms with Crippen molar-refractivity contribution < 1.29 is 18.2 Å². The van der Waals surface area contributed by atoms with Gasteiger partial charge in [0.05, 0.1) is 21.3 Å². The van der Waals surface area contributed by atoms with E-state index in [0.717, 1.165) is 0 Å². The third kappa shape index (κ3) is 5.41. The molecule has 0 aliphatic carbocycles. The van der Waals surface area contributed by atoms with Gasteiger partial charge in [-0.2, -0.15) is 0 Å². The summed E-state index contributed by atoms with van der Waals surface area (Å²) in [5, 5.41) is 5.56. The number of likely N-dealkylation sites (tertiary alicyclic amines) is 1. The summed E-state index contributed by atoms with van der Waals surface area (Å²) >= 11 is 0. The van der Waals surface area contributed by atoms with Gasteiger partial charge in [0.25, 0.3) is 5.91 Å². The van der Waals surface area contributed by atoms with Crippen molar-refractivity contribution in [2.45, 2.75) is 30.7 Å². The quantitative estimate of drug-likeness (QED) is 0.783. The summed E-state index contributed by atoms with van der Waals surface area (Å²) in [6.07, 6.45) is 1.25. The Kier molecular flexibility index (Phi) is 6.98. The van der Waals surface area contributed by atoms with E-state index in [2.05, 4.69) is 10.6 Å². The first-order valence-corrected chi connectivity index (χ1v) is 10.9. The van der Waals surface area contributed by atoms with Crippen LogP contribution in [0.5, 0.6) is 0 Å². The fraction of sp³-hybridized carbons (Fsp3) is 0.333. The van der Waals surface area contributed by atoms with Crippen molar-refractivity contribution in [2.24, 2.45) is 0 Å². The van der Waals surface area contributed by atoms with Gasteiger partial charge in [0.15, 0.2) is 0 Å². The normalized spacial score (nSPS) is 15.6. The number of nitrogens with one attached hydrogen (secondary N) is 2. The Balaban J connectivity index is 1.54. The SMILES string of the molecule is CCS(=O)c1ccccc1C(=O)N1CCC(NC(=O)Nc2ccc(F)cc2)CC1. The van der Waals surface area contributed by atoms with Crippen molar-refractivity contribution in [1.29, 1.82) is 0 Å². The Hall–Kier alpha value is -2.74. The number of nitrogens with zero attached hydrogens (tertiary/aromatic N) is 1. The number of amides is 3. The summed E-state index contributed by atoms with van der Waals surface area (Å²) in [5.41, 5.74) is 0.991. The van der Waals surface area contributed by atoms with Crippen molar-refractivity contribution in [1.82, 2.24) is 10.2 Å². The van der Waals surface area contributed by atoms with Gasteiger partial charge < -0.3 is 15.5 Å². The number of carbonyl (C=O) groups excluding carboxylic acids is 2. The Morgan fingerprint density at radius 1 is 1.10 bits per heavy atom. The van der Waals surface area contributed by atoms with E-state index in [0.29, 0.717) is 47.8 Å². The molecule has 0 aromatic heterocycles. The van der Waals surface area contributed by atoms with Crippen LogP contribution in [0.2, 0.25) is 0 Å². The number of hydrogen-bond donors (Lipinski definition) is 2. The molecule has 0 radical (unpaired) electrons. The Labute approximate surface area is 171 Å². The van der Waals surface area contributed by atoms with E-state index in [1.807, 2.05) is 6.92 Å². The Bertz CT molecular complexity index is 896. The van der Waals surface area contributed by atoms with Crippen molar-refractivity contribution in [3.8, 4) is 0 Å². The lowest BCUT2D eigenvalue weighted by atomic mass is 10.0. The van der Waals surface area contributed by atoms with Gasteiger partial charge in [-0.05, 0) is 49.2 Å². The van der Waals surface area contributed by atoms with Crippen LogP contribution in [0.25, 0.3) is 0 Å².